The van der Waals surface area contributed by atoms with Gasteiger partial charge in [0.05, 0.1) is 0 Å². The van der Waals surface area contributed by atoms with E-state index < -0.39 is 16.7 Å². The molecule has 2 aromatic rings. The third-order valence-corrected chi connectivity index (χ3v) is 4.36. The number of hydrogen-bond donors (Lipinski definition) is 1. The van der Waals surface area contributed by atoms with Gasteiger partial charge in [-0.05, 0) is 28.8 Å². The van der Waals surface area contributed by atoms with Crippen LogP contribution in [0, 0.1) is 5.82 Å². The Bertz CT molecular complexity index is 656. The van der Waals surface area contributed by atoms with Crippen LogP contribution in [0.5, 0.6) is 0 Å². The Morgan fingerprint density at radius 2 is 1.76 bits per heavy atom. The maximum absolute atomic E-state index is 13.0. The summed E-state index contributed by atoms with van der Waals surface area (Å²) in [4.78, 5) is 10.7. The Morgan fingerprint density at radius 3 is 2.43 bits per heavy atom. The SMILES string of the molecule is NC(=O)CCS(=O)Cc1ccccc1-c1ccc(F)cc1. The van der Waals surface area contributed by atoms with Gasteiger partial charge in [-0.3, -0.25) is 9.00 Å². The third kappa shape index (κ3) is 4.49. The highest BCUT2D eigenvalue weighted by Gasteiger charge is 2.09. The van der Waals surface area contributed by atoms with Crippen molar-refractivity contribution in [2.45, 2.75) is 12.2 Å². The van der Waals surface area contributed by atoms with Crippen LogP contribution in [0.4, 0.5) is 4.39 Å². The molecule has 0 spiro atoms. The molecule has 0 aliphatic heterocycles. The summed E-state index contributed by atoms with van der Waals surface area (Å²) in [6.45, 7) is 0. The van der Waals surface area contributed by atoms with Crippen LogP contribution in [0.15, 0.2) is 48.5 Å². The number of halogens is 1. The van der Waals surface area contributed by atoms with Crippen molar-refractivity contribution >= 4 is 16.7 Å². The zero-order valence-corrected chi connectivity index (χ0v) is 12.2. The first-order chi connectivity index (χ1) is 10.1. The molecule has 2 rings (SSSR count). The lowest BCUT2D eigenvalue weighted by Gasteiger charge is -2.09. The Labute approximate surface area is 125 Å². The predicted octanol–water partition coefficient (Wildman–Crippen LogP) is 2.62. The summed E-state index contributed by atoms with van der Waals surface area (Å²) in [6, 6.07) is 13.7. The topological polar surface area (TPSA) is 60.2 Å². The van der Waals surface area contributed by atoms with Crippen molar-refractivity contribution in [1.29, 1.82) is 0 Å². The molecule has 0 bridgehead atoms. The lowest BCUT2D eigenvalue weighted by molar-refractivity contribution is -0.117. The van der Waals surface area contributed by atoms with Gasteiger partial charge in [0.2, 0.25) is 5.91 Å². The van der Waals surface area contributed by atoms with Crippen LogP contribution < -0.4 is 5.73 Å². The van der Waals surface area contributed by atoms with Gasteiger partial charge in [0.25, 0.3) is 0 Å². The van der Waals surface area contributed by atoms with Crippen LogP contribution in [0.3, 0.4) is 0 Å². The van der Waals surface area contributed by atoms with Crippen LogP contribution in [0.25, 0.3) is 11.1 Å². The number of benzene rings is 2. The summed E-state index contributed by atoms with van der Waals surface area (Å²) in [5, 5.41) is 0. The molecule has 0 fully saturated rings. The Morgan fingerprint density at radius 1 is 1.10 bits per heavy atom. The monoisotopic (exact) mass is 305 g/mol. The van der Waals surface area contributed by atoms with E-state index in [0.717, 1.165) is 16.7 Å². The van der Waals surface area contributed by atoms with Crippen molar-refractivity contribution in [3.05, 3.63) is 59.9 Å². The fourth-order valence-corrected chi connectivity index (χ4v) is 3.19. The van der Waals surface area contributed by atoms with Crippen molar-refractivity contribution in [3.63, 3.8) is 0 Å². The molecule has 21 heavy (non-hydrogen) atoms. The summed E-state index contributed by atoms with van der Waals surface area (Å²) in [6.07, 6.45) is 0.116. The number of primary amides is 1. The molecule has 0 heterocycles. The molecule has 0 saturated carbocycles. The molecule has 1 atom stereocenters. The lowest BCUT2D eigenvalue weighted by Crippen LogP contribution is -2.15. The van der Waals surface area contributed by atoms with Crippen LogP contribution >= 0.6 is 0 Å². The second-order valence-electron chi connectivity index (χ2n) is 4.67. The van der Waals surface area contributed by atoms with E-state index in [1.807, 2.05) is 24.3 Å². The van der Waals surface area contributed by atoms with Crippen LogP contribution in [0.1, 0.15) is 12.0 Å². The number of amides is 1. The number of carbonyl (C=O) groups excluding carboxylic acids is 1. The molecule has 1 unspecified atom stereocenters. The van der Waals surface area contributed by atoms with Gasteiger partial charge in [-0.25, -0.2) is 4.39 Å². The Balaban J connectivity index is 2.19. The summed E-state index contributed by atoms with van der Waals surface area (Å²) in [5.74, 6) is -0.134. The predicted molar refractivity (Wildman–Crippen MR) is 82.4 cm³/mol. The first-order valence-corrected chi connectivity index (χ1v) is 8.02. The van der Waals surface area contributed by atoms with Gasteiger partial charge in [-0.1, -0.05) is 36.4 Å². The molecule has 0 radical (unpaired) electrons. The molecule has 0 aliphatic carbocycles. The highest BCUT2D eigenvalue weighted by Crippen LogP contribution is 2.25. The fourth-order valence-electron chi connectivity index (χ4n) is 2.02. The van der Waals surface area contributed by atoms with Crippen LogP contribution in [0.2, 0.25) is 0 Å². The maximum Gasteiger partial charge on any atom is 0.218 e. The minimum Gasteiger partial charge on any atom is -0.370 e. The second-order valence-corrected chi connectivity index (χ2v) is 6.25. The van der Waals surface area contributed by atoms with E-state index >= 15 is 0 Å². The molecule has 2 N–H and O–H groups in total. The molecule has 1 amide bonds. The number of carbonyl (C=O) groups is 1. The Kier molecular flexibility index (Phi) is 5.22. The summed E-state index contributed by atoms with van der Waals surface area (Å²) in [7, 11) is -1.15. The minimum absolute atomic E-state index is 0.116. The number of nitrogens with two attached hydrogens (primary N) is 1. The fraction of sp³-hybridized carbons (Fsp3) is 0.188. The van der Waals surface area contributed by atoms with Crippen LogP contribution in [-0.2, 0) is 21.3 Å². The van der Waals surface area contributed by atoms with Gasteiger partial charge in [0, 0.05) is 28.7 Å². The van der Waals surface area contributed by atoms with Gasteiger partial charge in [-0.2, -0.15) is 0 Å². The quantitative estimate of drug-likeness (QED) is 0.892. The van der Waals surface area contributed by atoms with Crippen molar-refractivity contribution in [3.8, 4) is 11.1 Å². The lowest BCUT2D eigenvalue weighted by atomic mass is 10.0. The van der Waals surface area contributed by atoms with E-state index in [-0.39, 0.29) is 18.0 Å². The summed E-state index contributed by atoms with van der Waals surface area (Å²) >= 11 is 0. The maximum atomic E-state index is 13.0. The van der Waals surface area contributed by atoms with E-state index in [4.69, 9.17) is 5.73 Å². The molecule has 5 heteroatoms. The molecular weight excluding hydrogens is 289 g/mol. The number of rotatable bonds is 6. The minimum atomic E-state index is -1.15. The molecule has 3 nitrogen and oxygen atoms in total. The molecule has 110 valence electrons. The van der Waals surface area contributed by atoms with Gasteiger partial charge < -0.3 is 5.73 Å². The van der Waals surface area contributed by atoms with Crippen molar-refractivity contribution < 1.29 is 13.4 Å². The van der Waals surface area contributed by atoms with Gasteiger partial charge in [0.15, 0.2) is 0 Å². The molecule has 0 aliphatic rings. The average molecular weight is 305 g/mol. The molecular formula is C16H16FNO2S. The number of hydrogen-bond acceptors (Lipinski definition) is 2. The zero-order valence-electron chi connectivity index (χ0n) is 11.4. The van der Waals surface area contributed by atoms with Gasteiger partial charge in [-0.15, -0.1) is 0 Å². The molecule has 2 aromatic carbocycles. The van der Waals surface area contributed by atoms with Gasteiger partial charge in [0.1, 0.15) is 5.82 Å². The van der Waals surface area contributed by atoms with E-state index in [2.05, 4.69) is 0 Å². The average Bonchev–Trinajstić information content (AvgIpc) is 2.47. The van der Waals surface area contributed by atoms with Crippen molar-refractivity contribution in [2.24, 2.45) is 5.73 Å². The molecule has 0 aromatic heterocycles. The highest BCUT2D eigenvalue weighted by atomic mass is 32.2. The standard InChI is InChI=1S/C16H16FNO2S/c17-14-7-5-12(6-8-14)15-4-2-1-3-13(15)11-21(20)10-9-16(18)19/h1-8H,9-11H2,(H2,18,19). The van der Waals surface area contributed by atoms with E-state index in [1.165, 1.54) is 12.1 Å². The second kappa shape index (κ2) is 7.13. The first-order valence-electron chi connectivity index (χ1n) is 6.53. The smallest absolute Gasteiger partial charge is 0.218 e. The van der Waals surface area contributed by atoms with E-state index in [1.54, 1.807) is 12.1 Å². The van der Waals surface area contributed by atoms with Crippen molar-refractivity contribution in [1.82, 2.24) is 0 Å². The van der Waals surface area contributed by atoms with Crippen molar-refractivity contribution in [2.75, 3.05) is 5.75 Å². The largest absolute Gasteiger partial charge is 0.370 e. The summed E-state index contributed by atoms with van der Waals surface area (Å²) < 4.78 is 25.0. The van der Waals surface area contributed by atoms with Crippen LogP contribution in [-0.4, -0.2) is 15.9 Å². The first kappa shape index (κ1) is 15.4. The zero-order chi connectivity index (χ0) is 15.2. The molecule has 0 saturated heterocycles. The van der Waals surface area contributed by atoms with E-state index in [0.29, 0.717) is 5.75 Å². The third-order valence-electron chi connectivity index (χ3n) is 3.07. The van der Waals surface area contributed by atoms with E-state index in [9.17, 15) is 13.4 Å². The normalized spacial score (nSPS) is 12.0. The van der Waals surface area contributed by atoms with Gasteiger partial charge >= 0.3 is 0 Å². The Hall–Kier alpha value is -2.01. The highest BCUT2D eigenvalue weighted by molar-refractivity contribution is 7.84. The summed E-state index contributed by atoms with van der Waals surface area (Å²) in [5.41, 5.74) is 7.76.